The molecule has 180 valence electrons. The lowest BCUT2D eigenvalue weighted by molar-refractivity contribution is -0.139. The second kappa shape index (κ2) is 10.6. The summed E-state index contributed by atoms with van der Waals surface area (Å²) in [7, 11) is 0. The molecule has 0 aliphatic carbocycles. The fourth-order valence-electron chi connectivity index (χ4n) is 3.86. The van der Waals surface area contributed by atoms with Crippen LogP contribution < -0.4 is 19.6 Å². The van der Waals surface area contributed by atoms with Gasteiger partial charge in [0, 0.05) is 4.47 Å². The van der Waals surface area contributed by atoms with Crippen LogP contribution in [0.15, 0.2) is 80.6 Å². The fourth-order valence-corrected chi connectivity index (χ4v) is 5.30. The molecule has 0 N–H and O–H groups in total. The zero-order valence-electron chi connectivity index (χ0n) is 19.7. The van der Waals surface area contributed by atoms with Gasteiger partial charge >= 0.3 is 5.97 Å². The third-order valence-electron chi connectivity index (χ3n) is 5.57. The number of halogens is 1. The molecule has 0 fully saturated rings. The molecule has 0 bridgehead atoms. The maximum absolute atomic E-state index is 13.7. The first-order chi connectivity index (χ1) is 16.8. The number of nitrogens with zero attached hydrogens (tertiary/aromatic N) is 2. The zero-order valence-corrected chi connectivity index (χ0v) is 22.1. The summed E-state index contributed by atoms with van der Waals surface area (Å²) in [6.07, 6.45) is 3.52. The summed E-state index contributed by atoms with van der Waals surface area (Å²) in [5.41, 5.74) is 3.44. The first-order valence-electron chi connectivity index (χ1n) is 11.1. The number of allylic oxidation sites excluding steroid dienone is 1. The largest absolute Gasteiger partial charge is 0.490 e. The minimum Gasteiger partial charge on any atom is -0.490 e. The van der Waals surface area contributed by atoms with E-state index in [2.05, 4.69) is 27.5 Å². The van der Waals surface area contributed by atoms with Gasteiger partial charge in [0.2, 0.25) is 0 Å². The van der Waals surface area contributed by atoms with E-state index < -0.39 is 12.0 Å². The standard InChI is InChI=1S/C27H25BrN2O4S/c1-5-13-34-20-11-9-19(10-12-20)24-23(26(32)33-6-2)17(4)29-27-30(24)25(31)22(35-27)15-18-8-7-16(3)21(28)14-18/h5,7-12,14-15,24H,1,6,13H2,2-4H3/t24-/m1/s1. The van der Waals surface area contributed by atoms with Gasteiger partial charge in [-0.15, -0.1) is 0 Å². The normalized spacial score (nSPS) is 15.4. The molecule has 35 heavy (non-hydrogen) atoms. The van der Waals surface area contributed by atoms with Gasteiger partial charge in [-0.25, -0.2) is 9.79 Å². The van der Waals surface area contributed by atoms with Crippen molar-refractivity contribution in [3.63, 3.8) is 0 Å². The van der Waals surface area contributed by atoms with Crippen LogP contribution in [0.4, 0.5) is 0 Å². The molecule has 0 saturated carbocycles. The maximum Gasteiger partial charge on any atom is 0.338 e. The second-order valence-corrected chi connectivity index (χ2v) is 9.84. The van der Waals surface area contributed by atoms with Gasteiger partial charge in [0.25, 0.3) is 5.56 Å². The SMILES string of the molecule is C=CCOc1ccc([C@@H]2C(C(=O)OCC)=C(C)N=c3sc(=Cc4ccc(C)c(Br)c4)c(=O)n32)cc1. The highest BCUT2D eigenvalue weighted by molar-refractivity contribution is 9.10. The average molecular weight is 553 g/mol. The molecule has 3 aromatic rings. The van der Waals surface area contributed by atoms with Crippen molar-refractivity contribution < 1.29 is 14.3 Å². The van der Waals surface area contributed by atoms with Gasteiger partial charge in [-0.3, -0.25) is 9.36 Å². The molecule has 0 saturated heterocycles. The number of carbonyl (C=O) groups is 1. The van der Waals surface area contributed by atoms with Gasteiger partial charge in [0.1, 0.15) is 12.4 Å². The van der Waals surface area contributed by atoms with Gasteiger partial charge in [0.15, 0.2) is 4.80 Å². The van der Waals surface area contributed by atoms with Crippen LogP contribution in [0, 0.1) is 6.92 Å². The minimum absolute atomic E-state index is 0.211. The molecule has 0 unspecified atom stereocenters. The van der Waals surface area contributed by atoms with Crippen LogP contribution in [0.2, 0.25) is 0 Å². The Morgan fingerprint density at radius 2 is 1.97 bits per heavy atom. The monoisotopic (exact) mass is 552 g/mol. The first kappa shape index (κ1) is 24.9. The van der Waals surface area contributed by atoms with E-state index in [1.165, 1.54) is 11.3 Å². The van der Waals surface area contributed by atoms with E-state index in [0.717, 1.165) is 21.2 Å². The number of esters is 1. The van der Waals surface area contributed by atoms with Gasteiger partial charge in [-0.05, 0) is 61.7 Å². The smallest absolute Gasteiger partial charge is 0.338 e. The Morgan fingerprint density at radius 1 is 1.23 bits per heavy atom. The lowest BCUT2D eigenvalue weighted by atomic mass is 9.96. The van der Waals surface area contributed by atoms with Crippen LogP contribution in [-0.2, 0) is 9.53 Å². The van der Waals surface area contributed by atoms with E-state index in [4.69, 9.17) is 9.47 Å². The predicted octanol–water partition coefficient (Wildman–Crippen LogP) is 4.43. The summed E-state index contributed by atoms with van der Waals surface area (Å²) in [5.74, 6) is 0.187. The summed E-state index contributed by atoms with van der Waals surface area (Å²) in [5, 5.41) is 0. The van der Waals surface area contributed by atoms with Crippen molar-refractivity contribution in [2.45, 2.75) is 26.8 Å². The molecule has 4 rings (SSSR count). The van der Waals surface area contributed by atoms with Crippen molar-refractivity contribution in [1.82, 2.24) is 4.57 Å². The predicted molar refractivity (Wildman–Crippen MR) is 141 cm³/mol. The molecule has 1 aliphatic heterocycles. The average Bonchev–Trinajstić information content (AvgIpc) is 3.14. The Labute approximate surface area is 215 Å². The number of aryl methyl sites for hydroxylation is 1. The molecule has 1 aliphatic rings. The van der Waals surface area contributed by atoms with E-state index in [-0.39, 0.29) is 12.2 Å². The van der Waals surface area contributed by atoms with Crippen molar-refractivity contribution in [2.75, 3.05) is 13.2 Å². The number of hydrogen-bond donors (Lipinski definition) is 0. The summed E-state index contributed by atoms with van der Waals surface area (Å²) < 4.78 is 14.0. The summed E-state index contributed by atoms with van der Waals surface area (Å²) in [6.45, 7) is 9.81. The number of fused-ring (bicyclic) bond motifs is 1. The summed E-state index contributed by atoms with van der Waals surface area (Å²) in [6, 6.07) is 12.6. The Kier molecular flexibility index (Phi) is 7.52. The highest BCUT2D eigenvalue weighted by Gasteiger charge is 2.33. The molecule has 8 heteroatoms. The first-order valence-corrected chi connectivity index (χ1v) is 12.7. The topological polar surface area (TPSA) is 69.9 Å². The van der Waals surface area contributed by atoms with Crippen molar-refractivity contribution >= 4 is 39.3 Å². The van der Waals surface area contributed by atoms with Gasteiger partial charge in [-0.1, -0.05) is 64.2 Å². The van der Waals surface area contributed by atoms with Crippen molar-refractivity contribution in [3.8, 4) is 5.75 Å². The Morgan fingerprint density at radius 3 is 2.63 bits per heavy atom. The van der Waals surface area contributed by atoms with Crippen LogP contribution in [-0.4, -0.2) is 23.8 Å². The minimum atomic E-state index is -0.661. The molecule has 1 aromatic heterocycles. The van der Waals surface area contributed by atoms with Crippen LogP contribution in [0.1, 0.15) is 36.6 Å². The molecule has 6 nitrogen and oxygen atoms in total. The maximum atomic E-state index is 13.7. The number of aromatic nitrogens is 1. The zero-order chi connectivity index (χ0) is 25.1. The van der Waals surface area contributed by atoms with E-state index in [9.17, 15) is 9.59 Å². The quantitative estimate of drug-likeness (QED) is 0.321. The number of hydrogen-bond acceptors (Lipinski definition) is 6. The summed E-state index contributed by atoms with van der Waals surface area (Å²) >= 11 is 4.85. The highest BCUT2D eigenvalue weighted by Crippen LogP contribution is 2.31. The Hall–Kier alpha value is -3.23. The number of benzene rings is 2. The van der Waals surface area contributed by atoms with E-state index >= 15 is 0 Å². The second-order valence-electron chi connectivity index (χ2n) is 7.98. The molecule has 1 atom stereocenters. The van der Waals surface area contributed by atoms with E-state index in [0.29, 0.717) is 33.0 Å². The molecular formula is C27H25BrN2O4S. The van der Waals surface area contributed by atoms with E-state index in [1.54, 1.807) is 24.5 Å². The number of carbonyl (C=O) groups excluding carboxylic acids is 1. The van der Waals surface area contributed by atoms with Crippen LogP contribution in [0.25, 0.3) is 6.08 Å². The van der Waals surface area contributed by atoms with Gasteiger partial charge in [-0.2, -0.15) is 0 Å². The molecule has 2 heterocycles. The number of thiazole rings is 1. The van der Waals surface area contributed by atoms with Crippen molar-refractivity contribution in [2.24, 2.45) is 4.99 Å². The van der Waals surface area contributed by atoms with Crippen LogP contribution >= 0.6 is 27.3 Å². The lowest BCUT2D eigenvalue weighted by Gasteiger charge is -2.24. The molecular weight excluding hydrogens is 528 g/mol. The third kappa shape index (κ3) is 5.09. The third-order valence-corrected chi connectivity index (χ3v) is 7.41. The molecule has 0 amide bonds. The highest BCUT2D eigenvalue weighted by atomic mass is 79.9. The molecule has 0 spiro atoms. The van der Waals surface area contributed by atoms with Crippen molar-refractivity contribution in [1.29, 1.82) is 0 Å². The number of ether oxygens (including phenoxy) is 2. The Balaban J connectivity index is 1.89. The molecule has 0 radical (unpaired) electrons. The van der Waals surface area contributed by atoms with Gasteiger partial charge < -0.3 is 9.47 Å². The van der Waals surface area contributed by atoms with Crippen molar-refractivity contribution in [3.05, 3.63) is 107 Å². The van der Waals surface area contributed by atoms with E-state index in [1.807, 2.05) is 55.5 Å². The fraction of sp³-hybridized carbons (Fsp3) is 0.222. The van der Waals surface area contributed by atoms with Crippen LogP contribution in [0.5, 0.6) is 5.75 Å². The summed E-state index contributed by atoms with van der Waals surface area (Å²) in [4.78, 5) is 31.8. The lowest BCUT2D eigenvalue weighted by Crippen LogP contribution is -2.39. The number of rotatable bonds is 7. The van der Waals surface area contributed by atoms with Gasteiger partial charge in [0.05, 0.1) is 28.5 Å². The van der Waals surface area contributed by atoms with Crippen LogP contribution in [0.3, 0.4) is 0 Å². The Bertz CT molecular complexity index is 1500. The molecule has 2 aromatic carbocycles.